The molecule has 6 unspecified atom stereocenters. The molecule has 0 aromatic carbocycles. The van der Waals surface area contributed by atoms with Crippen LogP contribution in [0.2, 0.25) is 0 Å². The van der Waals surface area contributed by atoms with Gasteiger partial charge in [0, 0.05) is 18.3 Å². The second kappa shape index (κ2) is 4.17. The predicted octanol–water partition coefficient (Wildman–Crippen LogP) is 2.19. The Balaban J connectivity index is 1.82. The van der Waals surface area contributed by atoms with E-state index in [1.54, 1.807) is 0 Å². The molecule has 8 atom stereocenters. The molecule has 1 aliphatic carbocycles. The molecule has 20 heavy (non-hydrogen) atoms. The summed E-state index contributed by atoms with van der Waals surface area (Å²) in [5.74, 6) is 0.437. The van der Waals surface area contributed by atoms with Crippen molar-refractivity contribution < 1.29 is 24.4 Å². The van der Waals surface area contributed by atoms with Crippen molar-refractivity contribution in [3.05, 3.63) is 0 Å². The first kappa shape index (κ1) is 13.5. The minimum Gasteiger partial charge on any atom is -0.368 e. The molecule has 5 heteroatoms. The molecule has 5 fully saturated rings. The first-order chi connectivity index (χ1) is 9.46. The van der Waals surface area contributed by atoms with Crippen molar-refractivity contribution in [3.8, 4) is 0 Å². The van der Waals surface area contributed by atoms with Gasteiger partial charge in [0.1, 0.15) is 0 Å². The number of aliphatic hydroxyl groups excluding tert-OH is 1. The van der Waals surface area contributed by atoms with Gasteiger partial charge in [-0.2, -0.15) is 0 Å². The zero-order valence-electron chi connectivity index (χ0n) is 12.4. The normalized spacial score (nSPS) is 61.8. The third-order valence-corrected chi connectivity index (χ3v) is 6.12. The van der Waals surface area contributed by atoms with Crippen LogP contribution in [-0.4, -0.2) is 29.1 Å². The highest BCUT2D eigenvalue weighted by Crippen LogP contribution is 2.60. The molecule has 1 saturated carbocycles. The second-order valence-corrected chi connectivity index (χ2v) is 7.30. The van der Waals surface area contributed by atoms with Crippen LogP contribution in [0.1, 0.15) is 46.5 Å². The molecule has 4 heterocycles. The standard InChI is InChI=1S/C15H24O5/c1-8-4-5-11-9(2)12(16)17-13-15(11)10(8)6-7-14(3,18-13)19-20-15/h8-13,16H,4-7H2,1-3H3/t8?,9-,10?,11?,12?,13?,14?,15-/m1/s1. The molecule has 5 rings (SSSR count). The molecule has 1 N–H and O–H groups in total. The number of hydrogen-bond donors (Lipinski definition) is 1. The van der Waals surface area contributed by atoms with Gasteiger partial charge in [0.15, 0.2) is 18.2 Å². The average Bonchev–Trinajstić information content (AvgIpc) is 2.63. The van der Waals surface area contributed by atoms with Gasteiger partial charge >= 0.3 is 0 Å². The van der Waals surface area contributed by atoms with Gasteiger partial charge in [-0.15, -0.1) is 0 Å². The van der Waals surface area contributed by atoms with Crippen LogP contribution < -0.4 is 0 Å². The molecule has 114 valence electrons. The number of fused-ring (bicyclic) bond motifs is 2. The van der Waals surface area contributed by atoms with Crippen molar-refractivity contribution in [2.45, 2.75) is 70.4 Å². The average molecular weight is 284 g/mol. The molecular weight excluding hydrogens is 260 g/mol. The Morgan fingerprint density at radius 3 is 2.65 bits per heavy atom. The summed E-state index contributed by atoms with van der Waals surface area (Å²) in [5.41, 5.74) is -0.549. The van der Waals surface area contributed by atoms with Gasteiger partial charge in [0.2, 0.25) is 5.79 Å². The molecule has 0 aromatic heterocycles. The number of aliphatic hydroxyl groups is 1. The summed E-state index contributed by atoms with van der Waals surface area (Å²) in [4.78, 5) is 11.6. The molecule has 1 spiro atoms. The van der Waals surface area contributed by atoms with E-state index in [0.29, 0.717) is 11.8 Å². The maximum atomic E-state index is 10.2. The van der Waals surface area contributed by atoms with Crippen LogP contribution in [0.4, 0.5) is 0 Å². The van der Waals surface area contributed by atoms with E-state index in [1.165, 1.54) is 6.42 Å². The molecule has 4 aliphatic heterocycles. The van der Waals surface area contributed by atoms with E-state index >= 15 is 0 Å². The molecule has 0 aromatic rings. The van der Waals surface area contributed by atoms with Crippen molar-refractivity contribution in [2.24, 2.45) is 23.7 Å². The fourth-order valence-electron chi connectivity index (χ4n) is 4.89. The summed E-state index contributed by atoms with van der Waals surface area (Å²) in [5, 5.41) is 10.2. The number of rotatable bonds is 0. The Kier molecular flexibility index (Phi) is 2.81. The minimum atomic E-state index is -0.781. The van der Waals surface area contributed by atoms with Gasteiger partial charge < -0.3 is 14.6 Å². The molecule has 5 nitrogen and oxygen atoms in total. The molecule has 0 amide bonds. The largest absolute Gasteiger partial charge is 0.368 e. The maximum Gasteiger partial charge on any atom is 0.201 e. The topological polar surface area (TPSA) is 57.2 Å². The number of ether oxygens (including phenoxy) is 2. The highest BCUT2D eigenvalue weighted by Gasteiger charge is 2.69. The summed E-state index contributed by atoms with van der Waals surface area (Å²) in [6.07, 6.45) is 2.72. The van der Waals surface area contributed by atoms with E-state index in [2.05, 4.69) is 6.92 Å². The van der Waals surface area contributed by atoms with Crippen LogP contribution in [0.15, 0.2) is 0 Å². The zero-order chi connectivity index (χ0) is 14.1. The highest BCUT2D eigenvalue weighted by atomic mass is 17.3. The summed E-state index contributed by atoms with van der Waals surface area (Å²) in [6.45, 7) is 6.22. The lowest BCUT2D eigenvalue weighted by atomic mass is 9.58. The highest BCUT2D eigenvalue weighted by molar-refractivity contribution is 5.08. The summed E-state index contributed by atoms with van der Waals surface area (Å²) in [7, 11) is 0. The number of hydrogen-bond acceptors (Lipinski definition) is 5. The van der Waals surface area contributed by atoms with E-state index in [9.17, 15) is 5.11 Å². The lowest BCUT2D eigenvalue weighted by Gasteiger charge is -2.59. The van der Waals surface area contributed by atoms with Crippen LogP contribution in [0, 0.1) is 23.7 Å². The van der Waals surface area contributed by atoms with Crippen LogP contribution in [-0.2, 0) is 19.2 Å². The molecule has 0 radical (unpaired) electrons. The fraction of sp³-hybridized carbons (Fsp3) is 1.00. The monoisotopic (exact) mass is 284 g/mol. The van der Waals surface area contributed by atoms with Gasteiger partial charge in [0.25, 0.3) is 0 Å². The van der Waals surface area contributed by atoms with Crippen LogP contribution in [0.5, 0.6) is 0 Å². The summed E-state index contributed by atoms with van der Waals surface area (Å²) < 4.78 is 11.9. The third-order valence-electron chi connectivity index (χ3n) is 6.12. The van der Waals surface area contributed by atoms with Gasteiger partial charge in [0.05, 0.1) is 0 Å². The minimum absolute atomic E-state index is 0.0379. The van der Waals surface area contributed by atoms with Crippen LogP contribution in [0.3, 0.4) is 0 Å². The third kappa shape index (κ3) is 1.56. The summed E-state index contributed by atoms with van der Waals surface area (Å²) in [6, 6.07) is 0. The van der Waals surface area contributed by atoms with Gasteiger partial charge in [-0.3, -0.25) is 0 Å². The van der Waals surface area contributed by atoms with Crippen molar-refractivity contribution in [3.63, 3.8) is 0 Å². The van der Waals surface area contributed by atoms with Gasteiger partial charge in [-0.1, -0.05) is 13.8 Å². The van der Waals surface area contributed by atoms with E-state index < -0.39 is 24.0 Å². The first-order valence-electron chi connectivity index (χ1n) is 7.84. The Morgan fingerprint density at radius 1 is 1.05 bits per heavy atom. The van der Waals surface area contributed by atoms with E-state index in [1.807, 2.05) is 13.8 Å². The Morgan fingerprint density at radius 2 is 1.85 bits per heavy atom. The fourth-order valence-corrected chi connectivity index (χ4v) is 4.89. The SMILES string of the molecule is CC1CCC2[C@@H](C)C(O)OC3OC4(C)CCC1[C@]32OO4. The molecular formula is C15H24O5. The van der Waals surface area contributed by atoms with Crippen molar-refractivity contribution in [1.29, 1.82) is 0 Å². The Labute approximate surface area is 119 Å². The van der Waals surface area contributed by atoms with E-state index in [4.69, 9.17) is 19.2 Å². The van der Waals surface area contributed by atoms with Gasteiger partial charge in [-0.05, 0) is 38.0 Å². The zero-order valence-corrected chi connectivity index (χ0v) is 12.4. The van der Waals surface area contributed by atoms with Crippen LogP contribution >= 0.6 is 0 Å². The lowest BCUT2D eigenvalue weighted by molar-refractivity contribution is -0.576. The van der Waals surface area contributed by atoms with Crippen molar-refractivity contribution in [1.82, 2.24) is 0 Å². The quantitative estimate of drug-likeness (QED) is 0.691. The lowest BCUT2D eigenvalue weighted by Crippen LogP contribution is -2.70. The Hall–Kier alpha value is -0.200. The predicted molar refractivity (Wildman–Crippen MR) is 69.0 cm³/mol. The maximum absolute atomic E-state index is 10.2. The smallest absolute Gasteiger partial charge is 0.201 e. The molecule has 2 bridgehead atoms. The van der Waals surface area contributed by atoms with Crippen LogP contribution in [0.25, 0.3) is 0 Å². The summed E-state index contributed by atoms with van der Waals surface area (Å²) >= 11 is 0. The molecule has 5 aliphatic rings. The first-order valence-corrected chi connectivity index (χ1v) is 7.84. The van der Waals surface area contributed by atoms with Gasteiger partial charge in [-0.25, -0.2) is 9.78 Å². The van der Waals surface area contributed by atoms with Crippen molar-refractivity contribution >= 4 is 0 Å². The second-order valence-electron chi connectivity index (χ2n) is 7.30. The Bertz CT molecular complexity index is 411. The van der Waals surface area contributed by atoms with Crippen molar-refractivity contribution in [2.75, 3.05) is 0 Å². The van der Waals surface area contributed by atoms with E-state index in [-0.39, 0.29) is 11.8 Å². The molecule has 4 saturated heterocycles. The van der Waals surface area contributed by atoms with E-state index in [0.717, 1.165) is 19.3 Å².